The fraction of sp³-hybridized carbons (Fsp3) is 0.389. The molecular formula is C18H21NO3S. The Balaban J connectivity index is 1.65. The van der Waals surface area contributed by atoms with Gasteiger partial charge in [-0.15, -0.1) is 11.3 Å². The molecule has 0 radical (unpaired) electrons. The molecule has 3 rings (SSSR count). The molecule has 5 heteroatoms. The van der Waals surface area contributed by atoms with Gasteiger partial charge in [-0.05, 0) is 55.3 Å². The normalized spacial score (nSPS) is 16.6. The maximum Gasteiger partial charge on any atom is 0.251 e. The van der Waals surface area contributed by atoms with Gasteiger partial charge >= 0.3 is 0 Å². The lowest BCUT2D eigenvalue weighted by Gasteiger charge is -2.28. The maximum absolute atomic E-state index is 12.5. The van der Waals surface area contributed by atoms with Gasteiger partial charge < -0.3 is 15.2 Å². The number of amides is 1. The molecule has 2 aromatic rings. The van der Waals surface area contributed by atoms with Gasteiger partial charge in [0.15, 0.2) is 0 Å². The van der Waals surface area contributed by atoms with Crippen LogP contribution in [0.4, 0.5) is 0 Å². The second-order valence-corrected chi connectivity index (χ2v) is 7.23. The molecule has 0 saturated heterocycles. The Morgan fingerprint density at radius 1 is 1.39 bits per heavy atom. The predicted molar refractivity (Wildman–Crippen MR) is 90.8 cm³/mol. The summed E-state index contributed by atoms with van der Waals surface area (Å²) in [5.41, 5.74) is 0.0132. The van der Waals surface area contributed by atoms with Crippen molar-refractivity contribution in [3.8, 4) is 5.75 Å². The molecule has 122 valence electrons. The number of carbonyl (C=O) groups is 1. The van der Waals surface area contributed by atoms with Crippen LogP contribution in [0.5, 0.6) is 5.75 Å². The highest BCUT2D eigenvalue weighted by molar-refractivity contribution is 7.09. The van der Waals surface area contributed by atoms with E-state index in [4.69, 9.17) is 4.74 Å². The van der Waals surface area contributed by atoms with Crippen molar-refractivity contribution in [2.45, 2.75) is 31.9 Å². The van der Waals surface area contributed by atoms with E-state index in [0.29, 0.717) is 23.8 Å². The lowest BCUT2D eigenvalue weighted by molar-refractivity contribution is 0.0824. The first-order valence-electron chi connectivity index (χ1n) is 7.79. The molecule has 1 aromatic carbocycles. The van der Waals surface area contributed by atoms with E-state index in [0.717, 1.165) is 17.7 Å². The van der Waals surface area contributed by atoms with Crippen LogP contribution < -0.4 is 10.1 Å². The summed E-state index contributed by atoms with van der Waals surface area (Å²) >= 11 is 1.64. The van der Waals surface area contributed by atoms with Crippen molar-refractivity contribution in [2.75, 3.05) is 6.61 Å². The highest BCUT2D eigenvalue weighted by Gasteiger charge is 2.42. The molecule has 1 unspecified atom stereocenters. The zero-order chi connectivity index (χ0) is 16.3. The van der Waals surface area contributed by atoms with Crippen LogP contribution in [0.1, 0.15) is 35.0 Å². The topological polar surface area (TPSA) is 58.6 Å². The number of aliphatic hydroxyl groups excluding tert-OH is 1. The van der Waals surface area contributed by atoms with E-state index in [1.165, 1.54) is 0 Å². The van der Waals surface area contributed by atoms with E-state index >= 15 is 0 Å². The molecule has 2 N–H and O–H groups in total. The van der Waals surface area contributed by atoms with Gasteiger partial charge in [0.25, 0.3) is 5.91 Å². The molecule has 1 heterocycles. The molecule has 1 aliphatic rings. The summed E-state index contributed by atoms with van der Waals surface area (Å²) in [4.78, 5) is 13.6. The van der Waals surface area contributed by atoms with E-state index in [1.54, 1.807) is 23.5 Å². The fourth-order valence-electron chi connectivity index (χ4n) is 2.60. The second-order valence-electron chi connectivity index (χ2n) is 6.20. The van der Waals surface area contributed by atoms with Gasteiger partial charge in [0.05, 0.1) is 12.1 Å². The first-order valence-corrected chi connectivity index (χ1v) is 8.67. The molecule has 0 bridgehead atoms. The summed E-state index contributed by atoms with van der Waals surface area (Å²) < 4.78 is 5.74. The van der Waals surface area contributed by atoms with Crippen molar-refractivity contribution >= 4 is 17.2 Å². The molecule has 0 spiro atoms. The van der Waals surface area contributed by atoms with Gasteiger partial charge in [-0.2, -0.15) is 0 Å². The second kappa shape index (κ2) is 6.72. The summed E-state index contributed by atoms with van der Waals surface area (Å²) in [5, 5.41) is 14.6. The average molecular weight is 331 g/mol. The lowest BCUT2D eigenvalue weighted by atomic mass is 9.96. The third-order valence-corrected chi connectivity index (χ3v) is 5.11. The van der Waals surface area contributed by atoms with Crippen LogP contribution in [0.15, 0.2) is 41.8 Å². The summed E-state index contributed by atoms with van der Waals surface area (Å²) in [6.07, 6.45) is 2.11. The van der Waals surface area contributed by atoms with E-state index < -0.39 is 5.54 Å². The van der Waals surface area contributed by atoms with Crippen LogP contribution in [0.3, 0.4) is 0 Å². The highest BCUT2D eigenvalue weighted by atomic mass is 32.1. The lowest BCUT2D eigenvalue weighted by Crippen LogP contribution is -2.50. The predicted octanol–water partition coefficient (Wildman–Crippen LogP) is 3.22. The number of benzene rings is 1. The molecule has 1 aliphatic carbocycles. The number of hydrogen-bond donors (Lipinski definition) is 2. The Morgan fingerprint density at radius 3 is 2.87 bits per heavy atom. The molecule has 1 saturated carbocycles. The van der Waals surface area contributed by atoms with Crippen molar-refractivity contribution in [3.05, 3.63) is 52.2 Å². The number of thiophene rings is 1. The van der Waals surface area contributed by atoms with Gasteiger partial charge in [-0.1, -0.05) is 12.1 Å². The molecule has 23 heavy (non-hydrogen) atoms. The van der Waals surface area contributed by atoms with Crippen molar-refractivity contribution in [3.63, 3.8) is 0 Å². The molecule has 1 aromatic heterocycles. The SMILES string of the molecule is CC(CO)(NC(=O)c1cccc(OCc2cccs2)c1)C1CC1. The van der Waals surface area contributed by atoms with Crippen LogP contribution in [0.25, 0.3) is 0 Å². The fourth-order valence-corrected chi connectivity index (χ4v) is 3.22. The minimum Gasteiger partial charge on any atom is -0.488 e. The smallest absolute Gasteiger partial charge is 0.251 e. The van der Waals surface area contributed by atoms with E-state index in [-0.39, 0.29) is 12.5 Å². The Bertz CT molecular complexity index is 667. The molecule has 0 aliphatic heterocycles. The Labute approximate surface area is 140 Å². The Hall–Kier alpha value is -1.85. The third-order valence-electron chi connectivity index (χ3n) is 4.26. The number of hydrogen-bond acceptors (Lipinski definition) is 4. The zero-order valence-electron chi connectivity index (χ0n) is 13.1. The van der Waals surface area contributed by atoms with Crippen molar-refractivity contribution in [1.29, 1.82) is 0 Å². The number of aliphatic hydroxyl groups is 1. The first-order chi connectivity index (χ1) is 11.1. The molecule has 1 amide bonds. The minimum atomic E-state index is -0.537. The molecular weight excluding hydrogens is 310 g/mol. The van der Waals surface area contributed by atoms with E-state index in [1.807, 2.05) is 36.6 Å². The van der Waals surface area contributed by atoms with Crippen LogP contribution in [0.2, 0.25) is 0 Å². The van der Waals surface area contributed by atoms with Gasteiger partial charge in [0, 0.05) is 10.4 Å². The van der Waals surface area contributed by atoms with Gasteiger partial charge in [-0.25, -0.2) is 0 Å². The number of nitrogens with one attached hydrogen (secondary N) is 1. The summed E-state index contributed by atoms with van der Waals surface area (Å²) in [5.74, 6) is 0.868. The standard InChI is InChI=1S/C18H21NO3S/c1-18(12-20,14-7-8-14)19-17(21)13-4-2-5-15(10-13)22-11-16-6-3-9-23-16/h2-6,9-10,14,20H,7-8,11-12H2,1H3,(H,19,21). The van der Waals surface area contributed by atoms with Gasteiger partial charge in [0.2, 0.25) is 0 Å². The summed E-state index contributed by atoms with van der Waals surface area (Å²) in [6, 6.07) is 11.2. The van der Waals surface area contributed by atoms with Crippen LogP contribution in [-0.4, -0.2) is 23.2 Å². The average Bonchev–Trinajstić information content (AvgIpc) is 3.31. The monoisotopic (exact) mass is 331 g/mol. The summed E-state index contributed by atoms with van der Waals surface area (Å²) in [6.45, 7) is 2.36. The number of ether oxygens (including phenoxy) is 1. The van der Waals surface area contributed by atoms with Crippen LogP contribution in [-0.2, 0) is 6.61 Å². The Kier molecular flexibility index (Phi) is 4.68. The van der Waals surface area contributed by atoms with Crippen molar-refractivity contribution in [1.82, 2.24) is 5.32 Å². The highest BCUT2D eigenvalue weighted by Crippen LogP contribution is 2.39. The molecule has 1 fully saturated rings. The maximum atomic E-state index is 12.5. The third kappa shape index (κ3) is 3.92. The summed E-state index contributed by atoms with van der Waals surface area (Å²) in [7, 11) is 0. The van der Waals surface area contributed by atoms with Gasteiger partial charge in [-0.3, -0.25) is 4.79 Å². The molecule has 1 atom stereocenters. The first kappa shape index (κ1) is 16.0. The largest absolute Gasteiger partial charge is 0.488 e. The zero-order valence-corrected chi connectivity index (χ0v) is 13.9. The Morgan fingerprint density at radius 2 is 2.22 bits per heavy atom. The van der Waals surface area contributed by atoms with Crippen molar-refractivity contribution in [2.24, 2.45) is 5.92 Å². The minimum absolute atomic E-state index is 0.0437. The van der Waals surface area contributed by atoms with E-state index in [9.17, 15) is 9.90 Å². The van der Waals surface area contributed by atoms with Crippen LogP contribution >= 0.6 is 11.3 Å². The number of carbonyl (C=O) groups excluding carboxylic acids is 1. The molecule has 4 nitrogen and oxygen atoms in total. The van der Waals surface area contributed by atoms with E-state index in [2.05, 4.69) is 5.32 Å². The van der Waals surface area contributed by atoms with Crippen molar-refractivity contribution < 1.29 is 14.6 Å². The number of rotatable bonds is 7. The van der Waals surface area contributed by atoms with Gasteiger partial charge in [0.1, 0.15) is 12.4 Å². The quantitative estimate of drug-likeness (QED) is 0.819. The van der Waals surface area contributed by atoms with Crippen LogP contribution in [0, 0.1) is 5.92 Å².